The zero-order valence-corrected chi connectivity index (χ0v) is 6.83. The molecule has 0 bridgehead atoms. The van der Waals surface area contributed by atoms with Gasteiger partial charge in [0.15, 0.2) is 0 Å². The summed E-state index contributed by atoms with van der Waals surface area (Å²) >= 11 is 0. The molecule has 66 valence electrons. The predicted octanol–water partition coefficient (Wildman–Crippen LogP) is -0.150. The maximum absolute atomic E-state index is 10.6. The van der Waals surface area contributed by atoms with Gasteiger partial charge in [0.1, 0.15) is 0 Å². The Labute approximate surface area is 69.8 Å². The summed E-state index contributed by atoms with van der Waals surface area (Å²) in [6.45, 7) is 3.01. The maximum atomic E-state index is 10.6. The standard InChI is InChI=1S/C8H10O4/c1-5(6(2)4-9)3-7(10)8(11)12/h3-4,9H,1-2H3,(H,11,12)/p-1. The fourth-order valence-corrected chi connectivity index (χ4v) is 0.465. The number of carbonyl (C=O) groups excluding carboxylic acids is 1. The van der Waals surface area contributed by atoms with Crippen LogP contribution in [0.25, 0.3) is 0 Å². The van der Waals surface area contributed by atoms with E-state index in [0.717, 1.165) is 6.08 Å². The summed E-state index contributed by atoms with van der Waals surface area (Å²) in [6.07, 6.45) is 1.49. The first-order chi connectivity index (χ1) is 5.49. The van der Waals surface area contributed by atoms with Crippen molar-refractivity contribution in [2.75, 3.05) is 0 Å². The van der Waals surface area contributed by atoms with Crippen LogP contribution in [0.4, 0.5) is 0 Å². The molecular formula is C8H9O4-. The summed E-state index contributed by atoms with van der Waals surface area (Å²) < 4.78 is 0. The van der Waals surface area contributed by atoms with Crippen LogP contribution in [0.5, 0.6) is 0 Å². The van der Waals surface area contributed by atoms with Crippen molar-refractivity contribution in [3.05, 3.63) is 23.5 Å². The molecule has 0 aliphatic carbocycles. The molecule has 0 aromatic heterocycles. The molecule has 0 heterocycles. The largest absolute Gasteiger partial charge is 0.878 e. The predicted molar refractivity (Wildman–Crippen MR) is 40.2 cm³/mol. The SMILES string of the molecule is CC(=C[O-])C(C)=CC(=O)C(=O)O. The van der Waals surface area contributed by atoms with E-state index < -0.39 is 11.8 Å². The van der Waals surface area contributed by atoms with Crippen LogP contribution in [0, 0.1) is 0 Å². The second-order valence-corrected chi connectivity index (χ2v) is 2.30. The average Bonchev–Trinajstić information content (AvgIpc) is 2.02. The molecule has 1 N–H and O–H groups in total. The van der Waals surface area contributed by atoms with Crippen molar-refractivity contribution in [1.29, 1.82) is 0 Å². The van der Waals surface area contributed by atoms with Gasteiger partial charge in [-0.05, 0) is 25.5 Å². The Morgan fingerprint density at radius 2 is 1.75 bits per heavy atom. The minimum absolute atomic E-state index is 0.351. The van der Waals surface area contributed by atoms with Gasteiger partial charge in [0.2, 0.25) is 0 Å². The molecule has 4 heteroatoms. The third kappa shape index (κ3) is 3.01. The summed E-state index contributed by atoms with van der Waals surface area (Å²) in [5, 5.41) is 18.4. The van der Waals surface area contributed by atoms with Gasteiger partial charge in [-0.25, -0.2) is 4.79 Å². The highest BCUT2D eigenvalue weighted by molar-refractivity contribution is 6.37. The smallest absolute Gasteiger partial charge is 0.376 e. The molecule has 0 fully saturated rings. The highest BCUT2D eigenvalue weighted by Gasteiger charge is 2.07. The lowest BCUT2D eigenvalue weighted by Gasteiger charge is -2.01. The van der Waals surface area contributed by atoms with Crippen LogP contribution in [0.3, 0.4) is 0 Å². The molecule has 0 atom stereocenters. The van der Waals surface area contributed by atoms with Gasteiger partial charge >= 0.3 is 5.97 Å². The van der Waals surface area contributed by atoms with Crippen molar-refractivity contribution < 1.29 is 19.8 Å². The number of hydrogen-bond donors (Lipinski definition) is 1. The molecule has 0 saturated heterocycles. The Morgan fingerprint density at radius 3 is 2.08 bits per heavy atom. The van der Waals surface area contributed by atoms with Crippen molar-refractivity contribution in [3.8, 4) is 0 Å². The third-order valence-electron chi connectivity index (χ3n) is 1.36. The van der Waals surface area contributed by atoms with Gasteiger partial charge in [0, 0.05) is 0 Å². The lowest BCUT2D eigenvalue weighted by atomic mass is 10.1. The fourth-order valence-electron chi connectivity index (χ4n) is 0.465. The Morgan fingerprint density at radius 1 is 1.25 bits per heavy atom. The second-order valence-electron chi connectivity index (χ2n) is 2.30. The van der Waals surface area contributed by atoms with Gasteiger partial charge in [0.05, 0.1) is 0 Å². The number of carboxylic acids is 1. The molecule has 4 nitrogen and oxygen atoms in total. The minimum atomic E-state index is -1.52. The Kier molecular flexibility index (Phi) is 3.76. The van der Waals surface area contributed by atoms with Gasteiger partial charge in [-0.3, -0.25) is 4.79 Å². The number of hydrogen-bond acceptors (Lipinski definition) is 3. The van der Waals surface area contributed by atoms with Gasteiger partial charge in [-0.1, -0.05) is 5.57 Å². The van der Waals surface area contributed by atoms with Gasteiger partial charge < -0.3 is 10.2 Å². The van der Waals surface area contributed by atoms with Crippen LogP contribution in [0.1, 0.15) is 13.8 Å². The number of rotatable bonds is 3. The van der Waals surface area contributed by atoms with Gasteiger partial charge in [0.25, 0.3) is 5.78 Å². The molecule has 0 amide bonds. The first-order valence-electron chi connectivity index (χ1n) is 3.23. The lowest BCUT2D eigenvalue weighted by Crippen LogP contribution is -2.09. The van der Waals surface area contributed by atoms with Gasteiger partial charge in [-0.2, -0.15) is 0 Å². The van der Waals surface area contributed by atoms with Crippen LogP contribution < -0.4 is 5.11 Å². The number of allylic oxidation sites excluding steroid dienone is 2. The number of carboxylic acid groups (broad SMARTS) is 1. The van der Waals surface area contributed by atoms with Crippen LogP contribution in [-0.4, -0.2) is 16.9 Å². The molecular weight excluding hydrogens is 160 g/mol. The first-order valence-corrected chi connectivity index (χ1v) is 3.23. The maximum Gasteiger partial charge on any atom is 0.376 e. The number of aliphatic carboxylic acids is 1. The van der Waals surface area contributed by atoms with E-state index in [1.54, 1.807) is 0 Å². The van der Waals surface area contributed by atoms with Crippen molar-refractivity contribution in [1.82, 2.24) is 0 Å². The molecule has 0 aromatic carbocycles. The van der Waals surface area contributed by atoms with E-state index in [-0.39, 0.29) is 0 Å². The van der Waals surface area contributed by atoms with Crippen LogP contribution >= 0.6 is 0 Å². The zero-order chi connectivity index (χ0) is 9.72. The van der Waals surface area contributed by atoms with Crippen molar-refractivity contribution in [2.45, 2.75) is 13.8 Å². The van der Waals surface area contributed by atoms with Gasteiger partial charge in [-0.15, -0.1) is 6.26 Å². The lowest BCUT2D eigenvalue weighted by molar-refractivity contribution is -0.276. The first kappa shape index (κ1) is 10.4. The minimum Gasteiger partial charge on any atom is -0.878 e. The topological polar surface area (TPSA) is 77.4 Å². The highest BCUT2D eigenvalue weighted by Crippen LogP contribution is 2.05. The summed E-state index contributed by atoms with van der Waals surface area (Å²) in [4.78, 5) is 20.6. The van der Waals surface area contributed by atoms with E-state index in [1.807, 2.05) is 0 Å². The quantitative estimate of drug-likeness (QED) is 0.276. The highest BCUT2D eigenvalue weighted by atomic mass is 16.4. The third-order valence-corrected chi connectivity index (χ3v) is 1.36. The molecule has 0 spiro atoms. The van der Waals surface area contributed by atoms with E-state index in [4.69, 9.17) is 5.11 Å². The normalized spacial score (nSPS) is 12.8. The van der Waals surface area contributed by atoms with Crippen molar-refractivity contribution in [2.24, 2.45) is 0 Å². The molecule has 0 saturated carbocycles. The molecule has 0 unspecified atom stereocenters. The fraction of sp³-hybridized carbons (Fsp3) is 0.250. The Bertz CT molecular complexity index is 260. The molecule has 0 aliphatic rings. The number of carbonyl (C=O) groups is 2. The van der Waals surface area contributed by atoms with E-state index in [0.29, 0.717) is 17.4 Å². The Hall–Kier alpha value is -1.58. The van der Waals surface area contributed by atoms with E-state index in [1.165, 1.54) is 13.8 Å². The summed E-state index contributed by atoms with van der Waals surface area (Å²) in [6, 6.07) is 0. The molecule has 12 heavy (non-hydrogen) atoms. The van der Waals surface area contributed by atoms with Crippen LogP contribution in [-0.2, 0) is 9.59 Å². The molecule has 0 aliphatic heterocycles. The van der Waals surface area contributed by atoms with E-state index in [2.05, 4.69) is 0 Å². The number of ketones is 1. The summed E-state index contributed by atoms with van der Waals surface area (Å²) in [5.41, 5.74) is 0.724. The molecule has 0 radical (unpaired) electrons. The molecule has 0 rings (SSSR count). The monoisotopic (exact) mass is 169 g/mol. The molecule has 0 aromatic rings. The van der Waals surface area contributed by atoms with E-state index in [9.17, 15) is 14.7 Å². The summed E-state index contributed by atoms with van der Waals surface area (Å²) in [5.74, 6) is -2.54. The Balaban J connectivity index is 4.58. The van der Waals surface area contributed by atoms with Crippen LogP contribution in [0.15, 0.2) is 23.5 Å². The van der Waals surface area contributed by atoms with E-state index >= 15 is 0 Å². The average molecular weight is 169 g/mol. The van der Waals surface area contributed by atoms with Crippen molar-refractivity contribution in [3.63, 3.8) is 0 Å². The van der Waals surface area contributed by atoms with Crippen molar-refractivity contribution >= 4 is 11.8 Å². The second kappa shape index (κ2) is 4.33. The van der Waals surface area contributed by atoms with Crippen LogP contribution in [0.2, 0.25) is 0 Å². The zero-order valence-electron chi connectivity index (χ0n) is 6.83. The summed E-state index contributed by atoms with van der Waals surface area (Å²) in [7, 11) is 0.